The van der Waals surface area contributed by atoms with Gasteiger partial charge in [0.1, 0.15) is 11.7 Å². The molecule has 0 saturated heterocycles. The molecule has 0 aromatic heterocycles. The zero-order chi connectivity index (χ0) is 16.4. The summed E-state index contributed by atoms with van der Waals surface area (Å²) in [7, 11) is 1.61. The van der Waals surface area contributed by atoms with E-state index in [1.54, 1.807) is 25.8 Å². The largest absolute Gasteiger partial charge is 0.497 e. The smallest absolute Gasteiger partial charge is 0.313 e. The second-order valence-electron chi connectivity index (χ2n) is 5.35. The molecule has 0 fully saturated rings. The summed E-state index contributed by atoms with van der Waals surface area (Å²) in [4.78, 5) is 17.4. The number of carboxylic acids is 1. The summed E-state index contributed by atoms with van der Waals surface area (Å²) in [6.07, 6.45) is 0. The topological polar surface area (TPSA) is 58.9 Å². The minimum absolute atomic E-state index is 0.231. The summed E-state index contributed by atoms with van der Waals surface area (Å²) in [6, 6.07) is 15.3. The number of thioether (sulfide) groups is 1. The summed E-state index contributed by atoms with van der Waals surface area (Å²) >= 11 is 1.55. The Morgan fingerprint density at radius 2 is 1.87 bits per heavy atom. The number of nitrogens with zero attached hydrogens (tertiary/aromatic N) is 1. The molecular formula is C18H17NO3S. The predicted molar refractivity (Wildman–Crippen MR) is 91.9 cm³/mol. The minimum atomic E-state index is -0.854. The van der Waals surface area contributed by atoms with Crippen molar-refractivity contribution in [2.45, 2.75) is 17.1 Å². The zero-order valence-electron chi connectivity index (χ0n) is 12.9. The molecule has 3 rings (SSSR count). The fourth-order valence-corrected chi connectivity index (χ4v) is 4.10. The van der Waals surface area contributed by atoms with Crippen LogP contribution >= 0.6 is 11.8 Å². The second kappa shape index (κ2) is 6.46. The van der Waals surface area contributed by atoms with E-state index in [0.29, 0.717) is 5.71 Å². The van der Waals surface area contributed by atoms with E-state index in [1.807, 2.05) is 48.5 Å². The minimum Gasteiger partial charge on any atom is -0.497 e. The van der Waals surface area contributed by atoms with Crippen LogP contribution in [0, 0.1) is 5.92 Å². The summed E-state index contributed by atoms with van der Waals surface area (Å²) in [5, 5.41) is 9.50. The molecule has 0 bridgehead atoms. The van der Waals surface area contributed by atoms with Crippen molar-refractivity contribution in [3.8, 4) is 5.75 Å². The van der Waals surface area contributed by atoms with Gasteiger partial charge in [-0.15, -0.1) is 11.8 Å². The number of carbonyl (C=O) groups is 1. The van der Waals surface area contributed by atoms with Crippen LogP contribution in [0.5, 0.6) is 5.75 Å². The van der Waals surface area contributed by atoms with Gasteiger partial charge in [0.15, 0.2) is 0 Å². The summed E-state index contributed by atoms with van der Waals surface area (Å²) in [5.41, 5.74) is 2.41. The standard InChI is InChI=1S/C18H17NO3S/c1-11-16(18(20)21)17(12-7-9-13(22-2)10-8-12)23-15-6-4-3-5-14(15)19-11/h3-10,16-17H,1-2H3,(H,20,21). The van der Waals surface area contributed by atoms with E-state index in [9.17, 15) is 9.90 Å². The van der Waals surface area contributed by atoms with Gasteiger partial charge in [-0.25, -0.2) is 0 Å². The fourth-order valence-electron chi connectivity index (χ4n) is 2.69. The molecule has 1 heterocycles. The average Bonchev–Trinajstić information content (AvgIpc) is 2.70. The molecule has 2 aromatic rings. The molecular weight excluding hydrogens is 310 g/mol. The van der Waals surface area contributed by atoms with Crippen molar-refractivity contribution in [3.63, 3.8) is 0 Å². The van der Waals surface area contributed by atoms with Gasteiger partial charge in [-0.2, -0.15) is 0 Å². The highest BCUT2D eigenvalue weighted by Gasteiger charge is 2.35. The average molecular weight is 327 g/mol. The first-order chi connectivity index (χ1) is 11.1. The molecule has 1 aliphatic rings. The van der Waals surface area contributed by atoms with Gasteiger partial charge >= 0.3 is 5.97 Å². The van der Waals surface area contributed by atoms with E-state index in [1.165, 1.54) is 0 Å². The van der Waals surface area contributed by atoms with Crippen molar-refractivity contribution < 1.29 is 14.6 Å². The van der Waals surface area contributed by atoms with Crippen LogP contribution in [0.25, 0.3) is 0 Å². The van der Waals surface area contributed by atoms with Gasteiger partial charge in [-0.1, -0.05) is 24.3 Å². The van der Waals surface area contributed by atoms with E-state index in [-0.39, 0.29) is 5.25 Å². The van der Waals surface area contributed by atoms with Crippen LogP contribution < -0.4 is 4.74 Å². The van der Waals surface area contributed by atoms with Gasteiger partial charge < -0.3 is 9.84 Å². The third-order valence-corrected chi connectivity index (χ3v) is 5.28. The maximum atomic E-state index is 11.9. The van der Waals surface area contributed by atoms with E-state index >= 15 is 0 Å². The third kappa shape index (κ3) is 3.10. The van der Waals surface area contributed by atoms with Crippen LogP contribution in [0.3, 0.4) is 0 Å². The van der Waals surface area contributed by atoms with Gasteiger partial charge in [-0.05, 0) is 36.8 Å². The lowest BCUT2D eigenvalue weighted by atomic mass is 9.94. The Kier molecular flexibility index (Phi) is 4.39. The van der Waals surface area contributed by atoms with Crippen LogP contribution in [-0.4, -0.2) is 23.9 Å². The van der Waals surface area contributed by atoms with Crippen LogP contribution in [0.15, 0.2) is 58.4 Å². The number of rotatable bonds is 3. The number of hydrogen-bond acceptors (Lipinski definition) is 4. The Labute approximate surface area is 139 Å². The first-order valence-corrected chi connectivity index (χ1v) is 8.15. The van der Waals surface area contributed by atoms with Gasteiger partial charge in [-0.3, -0.25) is 9.79 Å². The molecule has 2 aromatic carbocycles. The maximum Gasteiger partial charge on any atom is 0.313 e. The van der Waals surface area contributed by atoms with Crippen molar-refractivity contribution in [2.24, 2.45) is 10.9 Å². The highest BCUT2D eigenvalue weighted by atomic mass is 32.2. The van der Waals surface area contributed by atoms with Crippen molar-refractivity contribution in [1.82, 2.24) is 0 Å². The lowest BCUT2D eigenvalue weighted by Gasteiger charge is -2.22. The van der Waals surface area contributed by atoms with Crippen molar-refractivity contribution in [1.29, 1.82) is 0 Å². The van der Waals surface area contributed by atoms with E-state index in [2.05, 4.69) is 4.99 Å². The second-order valence-corrected chi connectivity index (χ2v) is 6.53. The number of fused-ring (bicyclic) bond motifs is 1. The summed E-state index contributed by atoms with van der Waals surface area (Å²) < 4.78 is 5.19. The summed E-state index contributed by atoms with van der Waals surface area (Å²) in [5.74, 6) is -0.766. The van der Waals surface area contributed by atoms with Gasteiger partial charge in [0.25, 0.3) is 0 Å². The number of carboxylic acid groups (broad SMARTS) is 1. The van der Waals surface area contributed by atoms with Crippen LogP contribution in [0.2, 0.25) is 0 Å². The predicted octanol–water partition coefficient (Wildman–Crippen LogP) is 4.34. The highest BCUT2D eigenvalue weighted by molar-refractivity contribution is 7.99. The van der Waals surface area contributed by atoms with E-state index < -0.39 is 11.9 Å². The van der Waals surface area contributed by atoms with E-state index in [4.69, 9.17) is 4.74 Å². The van der Waals surface area contributed by atoms with Crippen LogP contribution in [-0.2, 0) is 4.79 Å². The normalized spacial score (nSPS) is 20.2. The molecule has 118 valence electrons. The molecule has 0 amide bonds. The van der Waals surface area contributed by atoms with Gasteiger partial charge in [0.05, 0.1) is 18.0 Å². The molecule has 5 heteroatoms. The number of methoxy groups -OCH3 is 1. The fraction of sp³-hybridized carbons (Fsp3) is 0.222. The Bertz CT molecular complexity index is 755. The lowest BCUT2D eigenvalue weighted by molar-refractivity contribution is -0.139. The number of hydrogen-bond donors (Lipinski definition) is 1. The monoisotopic (exact) mass is 327 g/mol. The Hall–Kier alpha value is -2.27. The molecule has 4 nitrogen and oxygen atoms in total. The van der Waals surface area contributed by atoms with Crippen LogP contribution in [0.1, 0.15) is 17.7 Å². The molecule has 2 unspecified atom stereocenters. The van der Waals surface area contributed by atoms with Gasteiger partial charge in [0, 0.05) is 10.6 Å². The van der Waals surface area contributed by atoms with Crippen LogP contribution in [0.4, 0.5) is 5.69 Å². The quantitative estimate of drug-likeness (QED) is 0.911. The highest BCUT2D eigenvalue weighted by Crippen LogP contribution is 2.47. The molecule has 2 atom stereocenters. The number of ether oxygens (including phenoxy) is 1. The first-order valence-electron chi connectivity index (χ1n) is 7.28. The Morgan fingerprint density at radius 3 is 2.52 bits per heavy atom. The SMILES string of the molecule is COc1ccc(C2Sc3ccccc3N=C(C)C2C(=O)O)cc1. The Balaban J connectivity index is 2.08. The lowest BCUT2D eigenvalue weighted by Crippen LogP contribution is -2.26. The Morgan fingerprint density at radius 1 is 1.17 bits per heavy atom. The maximum absolute atomic E-state index is 11.9. The van der Waals surface area contributed by atoms with E-state index in [0.717, 1.165) is 21.9 Å². The molecule has 1 N–H and O–H groups in total. The number of benzene rings is 2. The van der Waals surface area contributed by atoms with Crippen molar-refractivity contribution >= 4 is 29.1 Å². The first kappa shape index (κ1) is 15.6. The number of aliphatic carboxylic acids is 1. The van der Waals surface area contributed by atoms with Crippen molar-refractivity contribution in [2.75, 3.05) is 7.11 Å². The zero-order valence-corrected chi connectivity index (χ0v) is 13.7. The molecule has 0 aliphatic carbocycles. The summed E-state index contributed by atoms with van der Waals surface area (Å²) in [6.45, 7) is 1.79. The molecule has 1 aliphatic heterocycles. The molecule has 0 radical (unpaired) electrons. The van der Waals surface area contributed by atoms with Crippen molar-refractivity contribution in [3.05, 3.63) is 54.1 Å². The molecule has 23 heavy (non-hydrogen) atoms. The van der Waals surface area contributed by atoms with Gasteiger partial charge in [0.2, 0.25) is 0 Å². The molecule has 0 spiro atoms. The molecule has 0 saturated carbocycles. The third-order valence-electron chi connectivity index (χ3n) is 3.88. The number of aliphatic imine (C=N–C) groups is 1. The number of para-hydroxylation sites is 1.